The Hall–Kier alpha value is -3.03. The number of halogens is 1. The number of para-hydroxylation sites is 1. The average molecular weight is 490 g/mol. The molecule has 0 saturated heterocycles. The van der Waals surface area contributed by atoms with Crippen LogP contribution in [0.1, 0.15) is 43.9 Å². The number of allylic oxidation sites excluding steroid dienone is 2. The van der Waals surface area contributed by atoms with E-state index < -0.39 is 0 Å². The molecule has 0 radical (unpaired) electrons. The quantitative estimate of drug-likeness (QED) is 0.326. The predicted molar refractivity (Wildman–Crippen MR) is 136 cm³/mol. The van der Waals surface area contributed by atoms with Crippen molar-refractivity contribution in [3.05, 3.63) is 82.1 Å². The zero-order valence-corrected chi connectivity index (χ0v) is 20.5. The molecule has 172 valence electrons. The molecule has 1 atom stereocenters. The first-order valence-corrected chi connectivity index (χ1v) is 12.7. The van der Waals surface area contributed by atoms with Crippen LogP contribution in [0.4, 0.5) is 5.95 Å². The van der Waals surface area contributed by atoms with Crippen molar-refractivity contribution in [1.29, 1.82) is 0 Å². The van der Waals surface area contributed by atoms with E-state index in [2.05, 4.69) is 30.2 Å². The number of hydrogen-bond acceptors (Lipinski definition) is 5. The third kappa shape index (κ3) is 3.63. The van der Waals surface area contributed by atoms with Crippen LogP contribution in [0.15, 0.2) is 71.2 Å². The molecule has 1 aliphatic carbocycles. The summed E-state index contributed by atoms with van der Waals surface area (Å²) in [5, 5.41) is 10.8. The van der Waals surface area contributed by atoms with Gasteiger partial charge in [0, 0.05) is 51.1 Å². The SMILES string of the molecule is CC1(C)CC(=O)C2=C(C1)Nc1nc(SCc3ccccc3Cl)nn1C2c1c[nH]c2ccccc12. The minimum atomic E-state index is -0.326. The largest absolute Gasteiger partial charge is 0.361 e. The minimum Gasteiger partial charge on any atom is -0.361 e. The first kappa shape index (κ1) is 21.5. The molecule has 2 aromatic heterocycles. The van der Waals surface area contributed by atoms with Gasteiger partial charge in [0.25, 0.3) is 0 Å². The molecule has 2 N–H and O–H groups in total. The number of aromatic nitrogens is 4. The molecule has 4 aromatic rings. The minimum absolute atomic E-state index is 0.0997. The van der Waals surface area contributed by atoms with Crippen LogP contribution in [0, 0.1) is 5.41 Å². The Morgan fingerprint density at radius 2 is 1.94 bits per heavy atom. The summed E-state index contributed by atoms with van der Waals surface area (Å²) in [4.78, 5) is 21.6. The normalized spacial score (nSPS) is 19.1. The molecule has 2 aliphatic rings. The van der Waals surface area contributed by atoms with E-state index >= 15 is 0 Å². The molecule has 0 bridgehead atoms. The van der Waals surface area contributed by atoms with Crippen molar-refractivity contribution in [3.63, 3.8) is 0 Å². The summed E-state index contributed by atoms with van der Waals surface area (Å²) in [5.74, 6) is 1.50. The molecule has 6 nitrogen and oxygen atoms in total. The molecule has 8 heteroatoms. The van der Waals surface area contributed by atoms with Gasteiger partial charge in [0.2, 0.25) is 11.1 Å². The average Bonchev–Trinajstić information content (AvgIpc) is 3.40. The summed E-state index contributed by atoms with van der Waals surface area (Å²) in [6.07, 6.45) is 3.31. The van der Waals surface area contributed by atoms with Gasteiger partial charge < -0.3 is 10.3 Å². The fourth-order valence-electron chi connectivity index (χ4n) is 5.02. The van der Waals surface area contributed by atoms with E-state index in [4.69, 9.17) is 21.7 Å². The van der Waals surface area contributed by atoms with Crippen molar-refractivity contribution in [2.24, 2.45) is 5.41 Å². The molecule has 0 spiro atoms. The molecule has 3 heterocycles. The van der Waals surface area contributed by atoms with Crippen LogP contribution >= 0.6 is 23.4 Å². The van der Waals surface area contributed by atoms with Gasteiger partial charge in [-0.05, 0) is 29.5 Å². The third-order valence-electron chi connectivity index (χ3n) is 6.54. The zero-order chi connectivity index (χ0) is 23.4. The number of benzene rings is 2. The summed E-state index contributed by atoms with van der Waals surface area (Å²) in [5.41, 5.74) is 4.76. The van der Waals surface area contributed by atoms with Gasteiger partial charge in [-0.15, -0.1) is 5.10 Å². The Bertz CT molecular complexity index is 1470. The van der Waals surface area contributed by atoms with Crippen molar-refractivity contribution in [2.75, 3.05) is 5.32 Å². The Kier molecular flexibility index (Phi) is 5.08. The summed E-state index contributed by atoms with van der Waals surface area (Å²) in [6, 6.07) is 15.7. The highest BCUT2D eigenvalue weighted by molar-refractivity contribution is 7.98. The van der Waals surface area contributed by atoms with Gasteiger partial charge >= 0.3 is 0 Å². The van der Waals surface area contributed by atoms with Crippen molar-refractivity contribution in [2.45, 2.75) is 43.6 Å². The van der Waals surface area contributed by atoms with E-state index in [1.807, 2.05) is 53.3 Å². The van der Waals surface area contributed by atoms with Crippen LogP contribution in [0.5, 0.6) is 0 Å². The maximum absolute atomic E-state index is 13.5. The highest BCUT2D eigenvalue weighted by Crippen LogP contribution is 2.46. The molecule has 0 amide bonds. The van der Waals surface area contributed by atoms with Crippen LogP contribution < -0.4 is 5.32 Å². The number of aromatic amines is 1. The summed E-state index contributed by atoms with van der Waals surface area (Å²) < 4.78 is 1.87. The first-order chi connectivity index (χ1) is 16.4. The lowest BCUT2D eigenvalue weighted by molar-refractivity contribution is -0.118. The summed E-state index contributed by atoms with van der Waals surface area (Å²) in [6.45, 7) is 4.28. The van der Waals surface area contributed by atoms with Crippen LogP contribution in [0.25, 0.3) is 10.9 Å². The number of fused-ring (bicyclic) bond motifs is 2. The number of anilines is 1. The second-order valence-electron chi connectivity index (χ2n) is 9.69. The van der Waals surface area contributed by atoms with Gasteiger partial charge in [-0.25, -0.2) is 4.68 Å². The van der Waals surface area contributed by atoms with E-state index in [1.54, 1.807) is 0 Å². The Balaban J connectivity index is 1.44. The third-order valence-corrected chi connectivity index (χ3v) is 7.80. The molecule has 6 rings (SSSR count). The van der Waals surface area contributed by atoms with Crippen LogP contribution in [0.2, 0.25) is 5.02 Å². The maximum Gasteiger partial charge on any atom is 0.227 e. The standard InChI is InChI=1S/C26H24ClN5OS/c1-26(2)11-20-22(21(33)12-26)23(17-13-28-19-10-6-4-8-16(17)19)32-24(29-20)30-25(31-32)34-14-15-7-3-5-9-18(15)27/h3-10,13,23,28H,11-12,14H2,1-2H3,(H,29,30,31). The molecule has 34 heavy (non-hydrogen) atoms. The molecule has 0 saturated carbocycles. The summed E-state index contributed by atoms with van der Waals surface area (Å²) in [7, 11) is 0. The number of carbonyl (C=O) groups excluding carboxylic acids is 1. The fraction of sp³-hybridized carbons (Fsp3) is 0.269. The van der Waals surface area contributed by atoms with Gasteiger partial charge in [-0.3, -0.25) is 4.79 Å². The number of rotatable bonds is 4. The molecule has 2 aromatic carbocycles. The van der Waals surface area contributed by atoms with Crippen molar-refractivity contribution >= 4 is 46.0 Å². The van der Waals surface area contributed by atoms with E-state index in [9.17, 15) is 4.79 Å². The topological polar surface area (TPSA) is 75.6 Å². The second-order valence-corrected chi connectivity index (χ2v) is 11.0. The molecular formula is C26H24ClN5OS. The van der Waals surface area contributed by atoms with Gasteiger partial charge in [-0.2, -0.15) is 4.98 Å². The number of carbonyl (C=O) groups is 1. The number of Topliss-reactive ketones (excluding diaryl/α,β-unsaturated/α-hetero) is 1. The van der Waals surface area contributed by atoms with E-state index in [1.165, 1.54) is 11.8 Å². The maximum atomic E-state index is 13.5. The number of H-pyrrole nitrogens is 1. The Labute approximate surface area is 206 Å². The lowest BCUT2D eigenvalue weighted by Crippen LogP contribution is -2.36. The van der Waals surface area contributed by atoms with E-state index in [-0.39, 0.29) is 17.2 Å². The molecule has 1 unspecified atom stereocenters. The van der Waals surface area contributed by atoms with E-state index in [0.29, 0.717) is 23.3 Å². The van der Waals surface area contributed by atoms with Crippen LogP contribution in [-0.4, -0.2) is 25.5 Å². The zero-order valence-electron chi connectivity index (χ0n) is 18.9. The number of nitrogens with zero attached hydrogens (tertiary/aromatic N) is 3. The second kappa shape index (κ2) is 8.03. The Morgan fingerprint density at radius 3 is 2.79 bits per heavy atom. The summed E-state index contributed by atoms with van der Waals surface area (Å²) >= 11 is 7.88. The van der Waals surface area contributed by atoms with Gasteiger partial charge in [0.1, 0.15) is 6.04 Å². The van der Waals surface area contributed by atoms with Crippen LogP contribution in [-0.2, 0) is 10.5 Å². The first-order valence-electron chi connectivity index (χ1n) is 11.3. The predicted octanol–water partition coefficient (Wildman–Crippen LogP) is 6.36. The van der Waals surface area contributed by atoms with Gasteiger partial charge in [-0.1, -0.05) is 73.6 Å². The monoisotopic (exact) mass is 489 g/mol. The van der Waals surface area contributed by atoms with Crippen molar-refractivity contribution in [3.8, 4) is 0 Å². The fourth-order valence-corrected chi connectivity index (χ4v) is 6.13. The van der Waals surface area contributed by atoms with E-state index in [0.717, 1.165) is 44.7 Å². The molecular weight excluding hydrogens is 466 g/mol. The van der Waals surface area contributed by atoms with Crippen LogP contribution in [0.3, 0.4) is 0 Å². The lowest BCUT2D eigenvalue weighted by atomic mass is 9.73. The Morgan fingerprint density at radius 1 is 1.15 bits per heavy atom. The number of nitrogens with one attached hydrogen (secondary N) is 2. The lowest BCUT2D eigenvalue weighted by Gasteiger charge is -2.38. The number of hydrogen-bond donors (Lipinski definition) is 2. The van der Waals surface area contributed by atoms with Gasteiger partial charge in [0.05, 0.1) is 0 Å². The smallest absolute Gasteiger partial charge is 0.227 e. The number of ketones is 1. The highest BCUT2D eigenvalue weighted by Gasteiger charge is 2.42. The highest BCUT2D eigenvalue weighted by atomic mass is 35.5. The van der Waals surface area contributed by atoms with Crippen molar-refractivity contribution < 1.29 is 4.79 Å². The molecule has 0 fully saturated rings. The number of thioether (sulfide) groups is 1. The molecule has 1 aliphatic heterocycles. The van der Waals surface area contributed by atoms with Gasteiger partial charge in [0.15, 0.2) is 5.78 Å². The van der Waals surface area contributed by atoms with Crippen molar-refractivity contribution in [1.82, 2.24) is 19.7 Å².